The molecule has 2 aliphatic rings. The highest BCUT2D eigenvalue weighted by atomic mass is 79.9. The predicted octanol–water partition coefficient (Wildman–Crippen LogP) is 5.33. The molecule has 45 heavy (non-hydrogen) atoms. The molecule has 14 heteroatoms. The van der Waals surface area contributed by atoms with E-state index in [0.717, 1.165) is 14.3 Å². The third-order valence-electron chi connectivity index (χ3n) is 6.84. The maximum atomic E-state index is 12.3. The van der Waals surface area contributed by atoms with E-state index in [1.54, 1.807) is 64.1 Å². The van der Waals surface area contributed by atoms with Crippen LogP contribution < -0.4 is 26.0 Å². The number of hydrogen-bond acceptors (Lipinski definition) is 7. The molecule has 0 saturated carbocycles. The summed E-state index contributed by atoms with van der Waals surface area (Å²) in [6, 6.07) is 14.6. The van der Waals surface area contributed by atoms with E-state index in [1.807, 2.05) is 12.1 Å². The Bertz CT molecular complexity index is 1640. The van der Waals surface area contributed by atoms with Crippen molar-refractivity contribution in [3.8, 4) is 17.9 Å². The molecule has 0 aromatic heterocycles. The lowest BCUT2D eigenvalue weighted by Gasteiger charge is -2.35. The topological polar surface area (TPSA) is 180 Å². The molecule has 0 saturated heterocycles. The lowest BCUT2D eigenvalue weighted by molar-refractivity contribution is 0.172. The van der Waals surface area contributed by atoms with Crippen LogP contribution >= 0.6 is 15.9 Å². The summed E-state index contributed by atoms with van der Waals surface area (Å²) in [4.78, 5) is 51.2. The smallest absolute Gasteiger partial charge is 0.330 e. The second-order valence-corrected chi connectivity index (χ2v) is 10.5. The fourth-order valence-corrected chi connectivity index (χ4v) is 5.28. The van der Waals surface area contributed by atoms with Crippen molar-refractivity contribution in [1.82, 2.24) is 31.1 Å². The molecule has 2 aliphatic heterocycles. The summed E-state index contributed by atoms with van der Waals surface area (Å²) in [5.41, 5.74) is 2.84. The summed E-state index contributed by atoms with van der Waals surface area (Å²) >= 11 is 3.42. The second kappa shape index (κ2) is 15.4. The van der Waals surface area contributed by atoms with Gasteiger partial charge >= 0.3 is 24.1 Å². The number of nitriles is 2. The van der Waals surface area contributed by atoms with Crippen LogP contribution in [0.3, 0.4) is 0 Å². The number of rotatable bonds is 5. The third kappa shape index (κ3) is 7.42. The summed E-state index contributed by atoms with van der Waals surface area (Å²) < 4.78 is 5.92. The number of carbonyl (C=O) groups is 4. The first-order chi connectivity index (χ1) is 21.5. The van der Waals surface area contributed by atoms with Gasteiger partial charge in [0.15, 0.2) is 0 Å². The number of hydrogen-bond donors (Lipinski definition) is 4. The number of imide groups is 2. The van der Waals surface area contributed by atoms with E-state index >= 15 is 0 Å². The maximum Gasteiger partial charge on any atom is 0.330 e. The van der Waals surface area contributed by atoms with Crippen molar-refractivity contribution in [2.45, 2.75) is 39.8 Å². The van der Waals surface area contributed by atoms with Crippen molar-refractivity contribution in [2.24, 2.45) is 0 Å². The van der Waals surface area contributed by atoms with Crippen LogP contribution in [0.1, 0.15) is 50.9 Å². The molecule has 4 N–H and O–H groups in total. The number of halogens is 1. The van der Waals surface area contributed by atoms with Gasteiger partial charge in [-0.05, 0) is 57.0 Å². The molecule has 0 spiro atoms. The summed E-state index contributed by atoms with van der Waals surface area (Å²) in [6.07, 6.45) is 0. The first-order valence-electron chi connectivity index (χ1n) is 13.9. The molecule has 0 bridgehead atoms. The Morgan fingerprint density at radius 2 is 1.38 bits per heavy atom. The SMILES string of the molecule is CCNC(=O)N1C(=O)NC(C)=C(C#N)C1c1cccc(OC)c1.CCNC(=O)N1C(=O)NC(C)=C(C#N)C1c1ccccc1Br. The molecule has 2 aromatic carbocycles. The van der Waals surface area contributed by atoms with Crippen LogP contribution in [-0.2, 0) is 0 Å². The Labute approximate surface area is 269 Å². The van der Waals surface area contributed by atoms with Crippen molar-refractivity contribution in [1.29, 1.82) is 10.5 Å². The number of urea groups is 4. The molecule has 0 aliphatic carbocycles. The molecule has 2 atom stereocenters. The van der Waals surface area contributed by atoms with Crippen molar-refractivity contribution in [3.05, 3.63) is 86.7 Å². The Kier molecular flexibility index (Phi) is 11.7. The van der Waals surface area contributed by atoms with E-state index in [1.165, 1.54) is 7.11 Å². The van der Waals surface area contributed by atoms with Crippen molar-refractivity contribution in [2.75, 3.05) is 20.2 Å². The highest BCUT2D eigenvalue weighted by molar-refractivity contribution is 9.10. The quantitative estimate of drug-likeness (QED) is 0.330. The van der Waals surface area contributed by atoms with Gasteiger partial charge in [0.1, 0.15) is 17.8 Å². The largest absolute Gasteiger partial charge is 0.497 e. The Balaban J connectivity index is 0.000000246. The van der Waals surface area contributed by atoms with Crippen molar-refractivity contribution in [3.63, 3.8) is 0 Å². The van der Waals surface area contributed by atoms with Crippen LogP contribution in [0.4, 0.5) is 19.2 Å². The molecule has 234 valence electrons. The van der Waals surface area contributed by atoms with Gasteiger partial charge < -0.3 is 26.0 Å². The van der Waals surface area contributed by atoms with E-state index in [4.69, 9.17) is 4.74 Å². The van der Waals surface area contributed by atoms with Gasteiger partial charge in [0.25, 0.3) is 0 Å². The predicted molar refractivity (Wildman–Crippen MR) is 168 cm³/mol. The van der Waals surface area contributed by atoms with Gasteiger partial charge in [-0.2, -0.15) is 10.5 Å². The van der Waals surface area contributed by atoms with Gasteiger partial charge in [-0.15, -0.1) is 0 Å². The molecule has 8 amide bonds. The van der Waals surface area contributed by atoms with Crippen LogP contribution in [-0.4, -0.2) is 54.1 Å². The molecule has 0 fully saturated rings. The Morgan fingerprint density at radius 1 is 0.867 bits per heavy atom. The van der Waals surface area contributed by atoms with Crippen LogP contribution in [0, 0.1) is 22.7 Å². The van der Waals surface area contributed by atoms with Gasteiger partial charge in [-0.25, -0.2) is 29.0 Å². The fraction of sp³-hybridized carbons (Fsp3) is 0.290. The highest BCUT2D eigenvalue weighted by Crippen LogP contribution is 2.37. The third-order valence-corrected chi connectivity index (χ3v) is 7.56. The average molecular weight is 678 g/mol. The molecule has 4 rings (SSSR count). The van der Waals surface area contributed by atoms with E-state index in [-0.39, 0.29) is 0 Å². The van der Waals surface area contributed by atoms with Crippen LogP contribution in [0.25, 0.3) is 0 Å². The fourth-order valence-electron chi connectivity index (χ4n) is 4.78. The van der Waals surface area contributed by atoms with Crippen LogP contribution in [0.2, 0.25) is 0 Å². The minimum Gasteiger partial charge on any atom is -0.497 e. The van der Waals surface area contributed by atoms with E-state index in [0.29, 0.717) is 52.5 Å². The number of carbonyl (C=O) groups excluding carboxylic acids is 4. The zero-order valence-corrected chi connectivity index (χ0v) is 27.0. The lowest BCUT2D eigenvalue weighted by atomic mass is 9.95. The van der Waals surface area contributed by atoms with E-state index in [2.05, 4.69) is 49.3 Å². The zero-order valence-electron chi connectivity index (χ0n) is 25.4. The Hall–Kier alpha value is -5.34. The number of nitrogens with zero attached hydrogens (tertiary/aromatic N) is 4. The molecular formula is C31H33BrN8O5. The van der Waals surface area contributed by atoms with Gasteiger partial charge in [0.05, 0.1) is 30.4 Å². The van der Waals surface area contributed by atoms with E-state index < -0.39 is 36.2 Å². The van der Waals surface area contributed by atoms with Gasteiger partial charge in [-0.3, -0.25) is 0 Å². The van der Waals surface area contributed by atoms with Crippen molar-refractivity contribution < 1.29 is 23.9 Å². The molecule has 2 unspecified atom stereocenters. The number of amides is 8. The zero-order chi connectivity index (χ0) is 33.3. The number of benzene rings is 2. The molecule has 2 heterocycles. The lowest BCUT2D eigenvalue weighted by Crippen LogP contribution is -2.53. The van der Waals surface area contributed by atoms with Crippen LogP contribution in [0.15, 0.2) is 75.5 Å². The highest BCUT2D eigenvalue weighted by Gasteiger charge is 2.40. The monoisotopic (exact) mass is 676 g/mol. The second-order valence-electron chi connectivity index (χ2n) is 9.68. The number of nitrogens with one attached hydrogen (secondary N) is 4. The van der Waals surface area contributed by atoms with Gasteiger partial charge in [0, 0.05) is 29.0 Å². The van der Waals surface area contributed by atoms with Gasteiger partial charge in [0.2, 0.25) is 0 Å². The minimum atomic E-state index is -0.796. The van der Waals surface area contributed by atoms with E-state index in [9.17, 15) is 29.7 Å². The number of allylic oxidation sites excluding steroid dienone is 2. The minimum absolute atomic E-state index is 0.309. The van der Waals surface area contributed by atoms with Crippen LogP contribution in [0.5, 0.6) is 5.75 Å². The maximum absolute atomic E-state index is 12.3. The molecule has 2 aromatic rings. The molecule has 13 nitrogen and oxygen atoms in total. The molecule has 0 radical (unpaired) electrons. The number of ether oxygens (including phenoxy) is 1. The van der Waals surface area contributed by atoms with Crippen molar-refractivity contribution >= 4 is 40.1 Å². The number of methoxy groups -OCH3 is 1. The Morgan fingerprint density at radius 3 is 1.87 bits per heavy atom. The standard InChI is InChI=1S/C16H18N4O3.C15H15BrN4O2/c1-4-18-15(21)20-14(11-6-5-7-12(8-11)23-3)13(9-17)10(2)19-16(20)22;1-3-18-14(21)20-13(10-6-4-5-7-12(10)16)11(8-17)9(2)19-15(20)22/h5-8,14H,4H2,1-3H3,(H,18,21)(H,19,22);4-7,13H,3H2,1-2H3,(H,18,21)(H,19,22). The van der Waals surface area contributed by atoms with Gasteiger partial charge in [-0.1, -0.05) is 46.3 Å². The molecular weight excluding hydrogens is 644 g/mol. The first-order valence-corrected chi connectivity index (χ1v) is 14.7. The average Bonchev–Trinajstić information content (AvgIpc) is 3.01. The first kappa shape index (κ1) is 34.2. The normalized spacial score (nSPS) is 17.6. The summed E-state index contributed by atoms with van der Waals surface area (Å²) in [5, 5.41) is 29.3. The summed E-state index contributed by atoms with van der Waals surface area (Å²) in [6.45, 7) is 7.56. The summed E-state index contributed by atoms with van der Waals surface area (Å²) in [7, 11) is 1.53. The summed E-state index contributed by atoms with van der Waals surface area (Å²) in [5.74, 6) is 0.583.